The Morgan fingerprint density at radius 2 is 1.77 bits per heavy atom. The Bertz CT molecular complexity index is 1290. The van der Waals surface area contributed by atoms with Crippen LogP contribution >= 0.6 is 0 Å². The van der Waals surface area contributed by atoms with Crippen molar-refractivity contribution < 1.29 is 19.6 Å². The fraction of sp³-hybridized carbons (Fsp3) is 0.321. The summed E-state index contributed by atoms with van der Waals surface area (Å²) in [5.41, 5.74) is 4.34. The van der Waals surface area contributed by atoms with Crippen LogP contribution in [0.5, 0.6) is 5.75 Å². The van der Waals surface area contributed by atoms with E-state index in [1.807, 2.05) is 18.2 Å². The average molecular weight is 471 g/mol. The third kappa shape index (κ3) is 3.71. The molecule has 0 unspecified atom stereocenters. The number of nitrogens with zero attached hydrogens (tertiary/aromatic N) is 1. The highest BCUT2D eigenvalue weighted by Crippen LogP contribution is 2.64. The first-order valence-electron chi connectivity index (χ1n) is 12.1. The minimum atomic E-state index is -0.898. The van der Waals surface area contributed by atoms with Crippen LogP contribution in [0.3, 0.4) is 0 Å². The van der Waals surface area contributed by atoms with Crippen LogP contribution in [0.15, 0.2) is 66.7 Å². The standard InChI is InChI=1S/C28H26N2O5/c31-28(32)23-3-1-2-22-24-18-6-7-19(14-18)25(24)26(29-27(22)23)17-8-12-21(13-9-17)35-15-16-4-10-20(11-5-16)30(33)34/h1-5,8-13,18-19,24-26,29H,6-7,14-15H2,(H,31,32)/t18-,19-,24-,25+,26+/m0/s1. The molecular weight excluding hydrogens is 444 g/mol. The van der Waals surface area contributed by atoms with Crippen molar-refractivity contribution in [1.82, 2.24) is 0 Å². The maximum Gasteiger partial charge on any atom is 0.337 e. The van der Waals surface area contributed by atoms with E-state index < -0.39 is 10.9 Å². The van der Waals surface area contributed by atoms with Gasteiger partial charge >= 0.3 is 5.97 Å². The molecule has 0 spiro atoms. The summed E-state index contributed by atoms with van der Waals surface area (Å²) in [5, 5.41) is 24.3. The number of rotatable bonds is 6. The van der Waals surface area contributed by atoms with Gasteiger partial charge in [-0.25, -0.2) is 4.79 Å². The number of aromatic carboxylic acids is 1. The molecule has 6 rings (SSSR count). The quantitative estimate of drug-likeness (QED) is 0.330. The molecule has 35 heavy (non-hydrogen) atoms. The van der Waals surface area contributed by atoms with Crippen molar-refractivity contribution in [1.29, 1.82) is 0 Å². The predicted octanol–water partition coefficient (Wildman–Crippen LogP) is 6.17. The van der Waals surface area contributed by atoms with Crippen LogP contribution in [-0.2, 0) is 6.61 Å². The zero-order chi connectivity index (χ0) is 24.1. The number of para-hydroxylation sites is 1. The minimum Gasteiger partial charge on any atom is -0.489 e. The SMILES string of the molecule is O=C(O)c1cccc2c1N[C@H](c1ccc(OCc3ccc([N+](=O)[O-])cc3)cc1)[C@@H]1[C@H]3CC[C@@H](C3)[C@@H]21. The summed E-state index contributed by atoms with van der Waals surface area (Å²) in [7, 11) is 0. The summed E-state index contributed by atoms with van der Waals surface area (Å²) in [6.07, 6.45) is 3.69. The Hall–Kier alpha value is -3.87. The first-order chi connectivity index (χ1) is 17.0. The van der Waals surface area contributed by atoms with E-state index in [-0.39, 0.29) is 11.7 Å². The lowest BCUT2D eigenvalue weighted by molar-refractivity contribution is -0.384. The van der Waals surface area contributed by atoms with Gasteiger partial charge in [0.1, 0.15) is 12.4 Å². The molecule has 2 aliphatic carbocycles. The molecule has 3 aromatic carbocycles. The van der Waals surface area contributed by atoms with Gasteiger partial charge in [0, 0.05) is 12.1 Å². The number of anilines is 1. The van der Waals surface area contributed by atoms with Crippen molar-refractivity contribution in [3.63, 3.8) is 0 Å². The average Bonchev–Trinajstić information content (AvgIpc) is 3.50. The van der Waals surface area contributed by atoms with E-state index in [1.54, 1.807) is 18.2 Å². The Morgan fingerprint density at radius 1 is 1.03 bits per heavy atom. The smallest absolute Gasteiger partial charge is 0.337 e. The summed E-state index contributed by atoms with van der Waals surface area (Å²) >= 11 is 0. The lowest BCUT2D eigenvalue weighted by Gasteiger charge is -2.44. The van der Waals surface area contributed by atoms with Crippen molar-refractivity contribution >= 4 is 17.3 Å². The molecule has 3 aliphatic rings. The van der Waals surface area contributed by atoms with E-state index in [1.165, 1.54) is 37.0 Å². The molecule has 0 radical (unpaired) electrons. The molecule has 3 aromatic rings. The first kappa shape index (κ1) is 21.6. The van der Waals surface area contributed by atoms with E-state index in [0.29, 0.717) is 35.8 Å². The minimum absolute atomic E-state index is 0.0598. The lowest BCUT2D eigenvalue weighted by atomic mass is 9.67. The van der Waals surface area contributed by atoms with Gasteiger partial charge in [-0.15, -0.1) is 0 Å². The summed E-state index contributed by atoms with van der Waals surface area (Å²) < 4.78 is 5.91. The van der Waals surface area contributed by atoms with Crippen LogP contribution in [-0.4, -0.2) is 16.0 Å². The maximum absolute atomic E-state index is 12.0. The first-order valence-corrected chi connectivity index (χ1v) is 12.1. The number of hydrogen-bond acceptors (Lipinski definition) is 5. The van der Waals surface area contributed by atoms with Gasteiger partial charge in [0.2, 0.25) is 0 Å². The third-order valence-electron chi connectivity index (χ3n) is 8.14. The molecule has 2 bridgehead atoms. The number of carbonyl (C=O) groups is 1. The third-order valence-corrected chi connectivity index (χ3v) is 8.14. The largest absolute Gasteiger partial charge is 0.489 e. The zero-order valence-corrected chi connectivity index (χ0v) is 19.1. The zero-order valence-electron chi connectivity index (χ0n) is 19.1. The number of ether oxygens (including phenoxy) is 1. The number of nitro groups is 1. The highest BCUT2D eigenvalue weighted by molar-refractivity contribution is 5.95. The van der Waals surface area contributed by atoms with E-state index in [2.05, 4.69) is 23.5 Å². The summed E-state index contributed by atoms with van der Waals surface area (Å²) in [4.78, 5) is 22.4. The van der Waals surface area contributed by atoms with Gasteiger partial charge in [0.25, 0.3) is 5.69 Å². The number of carboxylic acids is 1. The van der Waals surface area contributed by atoms with Crippen LogP contribution in [0, 0.1) is 27.9 Å². The van der Waals surface area contributed by atoms with Gasteiger partial charge in [-0.1, -0.05) is 24.3 Å². The predicted molar refractivity (Wildman–Crippen MR) is 131 cm³/mol. The number of carboxylic acid groups (broad SMARTS) is 1. The molecule has 5 atom stereocenters. The molecule has 0 aromatic heterocycles. The molecule has 178 valence electrons. The second-order valence-corrected chi connectivity index (χ2v) is 9.91. The molecule has 2 saturated carbocycles. The highest BCUT2D eigenvalue weighted by Gasteiger charge is 2.54. The van der Waals surface area contributed by atoms with E-state index >= 15 is 0 Å². The molecule has 7 nitrogen and oxygen atoms in total. The summed E-state index contributed by atoms with van der Waals surface area (Å²) in [6.45, 7) is 0.322. The molecule has 1 heterocycles. The number of fused-ring (bicyclic) bond motifs is 7. The van der Waals surface area contributed by atoms with Gasteiger partial charge in [0.05, 0.1) is 22.2 Å². The van der Waals surface area contributed by atoms with Gasteiger partial charge in [-0.05, 0) is 90.0 Å². The van der Waals surface area contributed by atoms with Crippen LogP contribution in [0.25, 0.3) is 0 Å². The topological polar surface area (TPSA) is 102 Å². The number of benzene rings is 3. The summed E-state index contributed by atoms with van der Waals surface area (Å²) in [5.74, 6) is 1.96. The number of nitro benzene ring substituents is 1. The molecule has 0 saturated heterocycles. The fourth-order valence-corrected chi connectivity index (χ4v) is 6.67. The molecular formula is C28H26N2O5. The Morgan fingerprint density at radius 3 is 2.49 bits per heavy atom. The monoisotopic (exact) mass is 470 g/mol. The van der Waals surface area contributed by atoms with Gasteiger partial charge in [-0.2, -0.15) is 0 Å². The van der Waals surface area contributed by atoms with Gasteiger partial charge < -0.3 is 15.2 Å². The van der Waals surface area contributed by atoms with Crippen molar-refractivity contribution in [2.75, 3.05) is 5.32 Å². The van der Waals surface area contributed by atoms with Crippen molar-refractivity contribution in [2.45, 2.75) is 37.8 Å². The number of hydrogen-bond donors (Lipinski definition) is 2. The number of nitrogens with one attached hydrogen (secondary N) is 1. The van der Waals surface area contributed by atoms with Crippen molar-refractivity contribution in [2.24, 2.45) is 17.8 Å². The molecule has 0 amide bonds. The number of non-ortho nitro benzene ring substituents is 1. The van der Waals surface area contributed by atoms with Crippen LogP contribution in [0.4, 0.5) is 11.4 Å². The highest BCUT2D eigenvalue weighted by atomic mass is 16.6. The normalized spacial score (nSPS) is 25.9. The second-order valence-electron chi connectivity index (χ2n) is 9.91. The van der Waals surface area contributed by atoms with E-state index in [9.17, 15) is 20.0 Å². The fourth-order valence-electron chi connectivity index (χ4n) is 6.67. The molecule has 2 fully saturated rings. The Labute approximate surface area is 202 Å². The lowest BCUT2D eigenvalue weighted by Crippen LogP contribution is -2.36. The van der Waals surface area contributed by atoms with Crippen LogP contribution in [0.1, 0.15) is 58.3 Å². The Kier molecular flexibility index (Phi) is 5.20. The molecule has 7 heteroatoms. The van der Waals surface area contributed by atoms with Crippen LogP contribution in [0.2, 0.25) is 0 Å². The van der Waals surface area contributed by atoms with E-state index in [4.69, 9.17) is 4.74 Å². The van der Waals surface area contributed by atoms with Gasteiger partial charge in [-0.3, -0.25) is 10.1 Å². The second kappa shape index (κ2) is 8.41. The van der Waals surface area contributed by atoms with Crippen LogP contribution < -0.4 is 10.1 Å². The maximum atomic E-state index is 12.0. The Balaban J connectivity index is 1.24. The molecule has 2 N–H and O–H groups in total. The van der Waals surface area contributed by atoms with Gasteiger partial charge in [0.15, 0.2) is 0 Å². The molecule has 1 aliphatic heterocycles. The van der Waals surface area contributed by atoms with Crippen molar-refractivity contribution in [3.8, 4) is 5.75 Å². The van der Waals surface area contributed by atoms with Crippen molar-refractivity contribution in [3.05, 3.63) is 99.1 Å². The van der Waals surface area contributed by atoms with E-state index in [0.717, 1.165) is 22.6 Å². The summed E-state index contributed by atoms with van der Waals surface area (Å²) in [6, 6.07) is 20.1.